The second kappa shape index (κ2) is 6.80. The predicted octanol–water partition coefficient (Wildman–Crippen LogP) is 4.99. The summed E-state index contributed by atoms with van der Waals surface area (Å²) in [5, 5.41) is 5.47. The molecule has 0 aliphatic carbocycles. The second-order valence-corrected chi connectivity index (χ2v) is 7.64. The van der Waals surface area contributed by atoms with Crippen LogP contribution in [0.1, 0.15) is 23.8 Å². The molecule has 0 saturated heterocycles. The molecule has 1 aliphatic heterocycles. The second-order valence-electron chi connectivity index (χ2n) is 6.72. The van der Waals surface area contributed by atoms with Crippen LogP contribution in [0.15, 0.2) is 85.7 Å². The number of fused-ring (bicyclic) bond motifs is 1. The highest BCUT2D eigenvalue weighted by molar-refractivity contribution is 9.10. The van der Waals surface area contributed by atoms with E-state index in [1.54, 1.807) is 6.26 Å². The molecule has 1 aliphatic rings. The van der Waals surface area contributed by atoms with E-state index in [1.165, 1.54) is 0 Å². The summed E-state index contributed by atoms with van der Waals surface area (Å²) in [5.41, 5.74) is 6.95. The van der Waals surface area contributed by atoms with Gasteiger partial charge in [-0.2, -0.15) is 5.10 Å². The molecule has 3 heterocycles. The Hall–Kier alpha value is -3.12. The van der Waals surface area contributed by atoms with Crippen molar-refractivity contribution in [3.05, 3.63) is 93.1 Å². The predicted molar refractivity (Wildman–Crippen MR) is 113 cm³/mol. The fourth-order valence-corrected chi connectivity index (χ4v) is 4.06. The molecule has 0 spiro atoms. The van der Waals surface area contributed by atoms with Crippen molar-refractivity contribution in [1.29, 1.82) is 0 Å². The summed E-state index contributed by atoms with van der Waals surface area (Å²) in [6, 6.07) is 19.5. The first-order chi connectivity index (χ1) is 13.7. The minimum absolute atomic E-state index is 0.0776. The van der Waals surface area contributed by atoms with E-state index in [9.17, 15) is 4.79 Å². The molecule has 0 bridgehead atoms. The number of furan rings is 1. The van der Waals surface area contributed by atoms with Gasteiger partial charge in [0.1, 0.15) is 11.8 Å². The summed E-state index contributed by atoms with van der Waals surface area (Å²) in [6.45, 7) is 0. The maximum absolute atomic E-state index is 13.1. The molecule has 4 aromatic rings. The Balaban J connectivity index is 1.73. The smallest absolute Gasteiger partial charge is 0.258 e. The van der Waals surface area contributed by atoms with Crippen molar-refractivity contribution in [3.63, 3.8) is 0 Å². The molecule has 5 rings (SSSR count). The van der Waals surface area contributed by atoms with E-state index in [0.717, 1.165) is 38.0 Å². The molecule has 28 heavy (non-hydrogen) atoms. The molecular formula is C22H16BrN3O2. The lowest BCUT2D eigenvalue weighted by atomic mass is 9.92. The number of pyridine rings is 1. The minimum Gasteiger partial charge on any atom is -0.467 e. The summed E-state index contributed by atoms with van der Waals surface area (Å²) in [6.07, 6.45) is 2.22. The highest BCUT2D eigenvalue weighted by atomic mass is 79.9. The summed E-state index contributed by atoms with van der Waals surface area (Å²) < 4.78 is 6.46. The van der Waals surface area contributed by atoms with Gasteiger partial charge in [0.15, 0.2) is 0 Å². The van der Waals surface area contributed by atoms with Gasteiger partial charge in [-0.3, -0.25) is 10.2 Å². The van der Waals surface area contributed by atoms with Gasteiger partial charge in [0.2, 0.25) is 0 Å². The van der Waals surface area contributed by atoms with E-state index < -0.39 is 0 Å². The maximum atomic E-state index is 13.1. The van der Waals surface area contributed by atoms with Crippen LogP contribution in [-0.4, -0.2) is 10.7 Å². The number of aromatic nitrogens is 1. The van der Waals surface area contributed by atoms with Crippen molar-refractivity contribution in [1.82, 2.24) is 10.4 Å². The number of rotatable bonds is 3. The Morgan fingerprint density at radius 1 is 1.04 bits per heavy atom. The number of hydrogen-bond acceptors (Lipinski definition) is 4. The number of benzene rings is 2. The van der Waals surface area contributed by atoms with E-state index in [1.807, 2.05) is 60.7 Å². The molecule has 0 fully saturated rings. The van der Waals surface area contributed by atoms with E-state index in [2.05, 4.69) is 31.4 Å². The topological polar surface area (TPSA) is 70.4 Å². The van der Waals surface area contributed by atoms with Crippen molar-refractivity contribution in [2.75, 3.05) is 0 Å². The molecule has 0 amide bonds. The summed E-state index contributed by atoms with van der Waals surface area (Å²) in [5.74, 6) is 0.806. The third kappa shape index (κ3) is 2.86. The normalized spacial score (nSPS) is 16.2. The number of H-pyrrole nitrogens is 1. The zero-order valence-electron chi connectivity index (χ0n) is 14.8. The van der Waals surface area contributed by atoms with Gasteiger partial charge in [0, 0.05) is 27.4 Å². The van der Waals surface area contributed by atoms with Gasteiger partial charge >= 0.3 is 0 Å². The molecular weight excluding hydrogens is 418 g/mol. The zero-order chi connectivity index (χ0) is 19.1. The lowest BCUT2D eigenvalue weighted by Gasteiger charge is -2.13. The number of hydrazone groups is 1. The molecule has 2 aromatic heterocycles. The highest BCUT2D eigenvalue weighted by Crippen LogP contribution is 2.34. The van der Waals surface area contributed by atoms with E-state index in [4.69, 9.17) is 4.42 Å². The lowest BCUT2D eigenvalue weighted by molar-refractivity contribution is 0.440. The van der Waals surface area contributed by atoms with Crippen LogP contribution in [0.4, 0.5) is 0 Å². The van der Waals surface area contributed by atoms with Gasteiger partial charge in [0.05, 0.1) is 17.5 Å². The Morgan fingerprint density at radius 3 is 2.68 bits per heavy atom. The average Bonchev–Trinajstić information content (AvgIpc) is 3.40. The number of nitrogens with zero attached hydrogens (tertiary/aromatic N) is 1. The zero-order valence-corrected chi connectivity index (χ0v) is 16.4. The van der Waals surface area contributed by atoms with Crippen molar-refractivity contribution in [2.24, 2.45) is 5.10 Å². The Bertz CT molecular complexity index is 1240. The molecule has 2 aromatic carbocycles. The van der Waals surface area contributed by atoms with Gasteiger partial charge < -0.3 is 9.40 Å². The summed E-state index contributed by atoms with van der Waals surface area (Å²) in [4.78, 5) is 16.1. The number of halogens is 1. The van der Waals surface area contributed by atoms with Crippen molar-refractivity contribution >= 4 is 32.5 Å². The van der Waals surface area contributed by atoms with Gasteiger partial charge in [-0.15, -0.1) is 0 Å². The average molecular weight is 434 g/mol. The molecule has 2 N–H and O–H groups in total. The van der Waals surface area contributed by atoms with Gasteiger partial charge in [0.25, 0.3) is 5.56 Å². The monoisotopic (exact) mass is 433 g/mol. The Labute approximate surface area is 169 Å². The lowest BCUT2D eigenvalue weighted by Crippen LogP contribution is -2.20. The van der Waals surface area contributed by atoms with Crippen LogP contribution in [0, 0.1) is 0 Å². The molecule has 6 heteroatoms. The third-order valence-corrected chi connectivity index (χ3v) is 5.46. The molecule has 5 nitrogen and oxygen atoms in total. The van der Waals surface area contributed by atoms with E-state index in [-0.39, 0.29) is 11.6 Å². The number of aromatic amines is 1. The molecule has 0 radical (unpaired) electrons. The first-order valence-corrected chi connectivity index (χ1v) is 9.77. The van der Waals surface area contributed by atoms with Gasteiger partial charge in [-0.1, -0.05) is 46.3 Å². The maximum Gasteiger partial charge on any atom is 0.258 e. The molecule has 0 saturated carbocycles. The fraction of sp³-hybridized carbons (Fsp3) is 0.0909. The Kier molecular flexibility index (Phi) is 4.13. The van der Waals surface area contributed by atoms with Crippen LogP contribution in [0.5, 0.6) is 0 Å². The fourth-order valence-electron chi connectivity index (χ4n) is 3.70. The van der Waals surface area contributed by atoms with Gasteiger partial charge in [-0.05, 0) is 35.9 Å². The van der Waals surface area contributed by atoms with E-state index in [0.29, 0.717) is 12.0 Å². The van der Waals surface area contributed by atoms with E-state index >= 15 is 0 Å². The van der Waals surface area contributed by atoms with Crippen molar-refractivity contribution in [3.8, 4) is 11.1 Å². The molecule has 138 valence electrons. The standard InChI is InChI=1S/C22H16BrN3O2/c23-14-8-9-16-15(11-14)20(13-5-2-1-3-6-13)21(22(27)24-16)18-12-17(25-26-18)19-7-4-10-28-19/h1-11,17,25H,12H2,(H,24,27). The summed E-state index contributed by atoms with van der Waals surface area (Å²) >= 11 is 3.55. The van der Waals surface area contributed by atoms with Crippen molar-refractivity contribution < 1.29 is 4.42 Å². The van der Waals surface area contributed by atoms with Crippen LogP contribution >= 0.6 is 15.9 Å². The molecule has 1 unspecified atom stereocenters. The minimum atomic E-state index is -0.144. The van der Waals surface area contributed by atoms with Crippen LogP contribution in [0.3, 0.4) is 0 Å². The number of nitrogens with one attached hydrogen (secondary N) is 2. The Morgan fingerprint density at radius 2 is 1.89 bits per heavy atom. The SMILES string of the molecule is O=c1[nH]c2ccc(Br)cc2c(-c2ccccc2)c1C1=NNC(c2ccco2)C1. The summed E-state index contributed by atoms with van der Waals surface area (Å²) in [7, 11) is 0. The van der Waals surface area contributed by atoms with Crippen LogP contribution in [0.25, 0.3) is 22.0 Å². The van der Waals surface area contributed by atoms with Gasteiger partial charge in [-0.25, -0.2) is 0 Å². The quantitative estimate of drug-likeness (QED) is 0.478. The number of hydrogen-bond donors (Lipinski definition) is 2. The molecule has 1 atom stereocenters. The van der Waals surface area contributed by atoms with Crippen LogP contribution in [0.2, 0.25) is 0 Å². The first kappa shape index (κ1) is 17.0. The van der Waals surface area contributed by atoms with Crippen LogP contribution in [-0.2, 0) is 0 Å². The van der Waals surface area contributed by atoms with Crippen molar-refractivity contribution in [2.45, 2.75) is 12.5 Å². The first-order valence-electron chi connectivity index (χ1n) is 8.97. The third-order valence-electron chi connectivity index (χ3n) is 4.97. The highest BCUT2D eigenvalue weighted by Gasteiger charge is 2.28. The van der Waals surface area contributed by atoms with Crippen LogP contribution < -0.4 is 11.0 Å². The largest absolute Gasteiger partial charge is 0.467 e.